The Labute approximate surface area is 112 Å². The number of aliphatic hydroxyl groups excluding tert-OH is 1. The maximum absolute atomic E-state index is 12.0. The van der Waals surface area contributed by atoms with Crippen LogP contribution in [0.2, 0.25) is 0 Å². The molecular formula is C13H21NO5. The van der Waals surface area contributed by atoms with E-state index < -0.39 is 30.1 Å². The van der Waals surface area contributed by atoms with Gasteiger partial charge in [0.15, 0.2) is 0 Å². The van der Waals surface area contributed by atoms with Crippen molar-refractivity contribution in [3.8, 4) is 0 Å². The lowest BCUT2D eigenvalue weighted by Crippen LogP contribution is -2.51. The molecule has 0 aromatic rings. The lowest BCUT2D eigenvalue weighted by molar-refractivity contribution is -0.160. The van der Waals surface area contributed by atoms with Gasteiger partial charge in [0.05, 0.1) is 6.61 Å². The Morgan fingerprint density at radius 1 is 1.42 bits per heavy atom. The second-order valence-corrected chi connectivity index (χ2v) is 5.18. The minimum Gasteiger partial charge on any atom is -0.465 e. The van der Waals surface area contributed by atoms with Crippen LogP contribution in [-0.4, -0.2) is 48.4 Å². The summed E-state index contributed by atoms with van der Waals surface area (Å²) in [6, 6.07) is -0.104. The van der Waals surface area contributed by atoms with Crippen LogP contribution in [0.25, 0.3) is 0 Å². The minimum atomic E-state index is -1.01. The molecule has 2 aliphatic rings. The third-order valence-electron chi connectivity index (χ3n) is 3.77. The first-order chi connectivity index (χ1) is 9.09. The molecule has 0 spiro atoms. The van der Waals surface area contributed by atoms with Crippen LogP contribution in [0.3, 0.4) is 0 Å². The minimum absolute atomic E-state index is 0.104. The van der Waals surface area contributed by atoms with Crippen LogP contribution in [0.4, 0.5) is 0 Å². The number of esters is 2. The first-order valence-electron chi connectivity index (χ1n) is 6.85. The molecule has 0 amide bonds. The summed E-state index contributed by atoms with van der Waals surface area (Å²) in [6.07, 6.45) is 1.58. The Bertz CT molecular complexity index is 340. The van der Waals surface area contributed by atoms with E-state index in [9.17, 15) is 14.7 Å². The monoisotopic (exact) mass is 271 g/mol. The quantitative estimate of drug-likeness (QED) is 0.687. The molecule has 2 fully saturated rings. The van der Waals surface area contributed by atoms with Crippen molar-refractivity contribution in [2.45, 2.75) is 50.9 Å². The number of carbonyl (C=O) groups excluding carboxylic acids is 2. The highest BCUT2D eigenvalue weighted by Crippen LogP contribution is 2.26. The second kappa shape index (κ2) is 6.34. The predicted octanol–water partition coefficient (Wildman–Crippen LogP) is -0.0158. The molecule has 2 N–H and O–H groups in total. The van der Waals surface area contributed by atoms with Gasteiger partial charge in [-0.15, -0.1) is 0 Å². The Morgan fingerprint density at radius 2 is 2.21 bits per heavy atom. The molecule has 0 saturated carbocycles. The van der Waals surface area contributed by atoms with Gasteiger partial charge >= 0.3 is 11.9 Å². The molecule has 2 saturated heterocycles. The van der Waals surface area contributed by atoms with Crippen LogP contribution in [0.5, 0.6) is 0 Å². The molecule has 0 aromatic carbocycles. The van der Waals surface area contributed by atoms with Crippen LogP contribution < -0.4 is 5.32 Å². The van der Waals surface area contributed by atoms with Crippen LogP contribution in [0.1, 0.15) is 32.6 Å². The molecule has 4 atom stereocenters. The zero-order chi connectivity index (χ0) is 13.8. The van der Waals surface area contributed by atoms with Crippen molar-refractivity contribution in [3.05, 3.63) is 0 Å². The smallest absolute Gasteiger partial charge is 0.313 e. The lowest BCUT2D eigenvalue weighted by Gasteiger charge is -2.33. The molecule has 2 rings (SSSR count). The van der Waals surface area contributed by atoms with E-state index in [1.807, 2.05) is 0 Å². The summed E-state index contributed by atoms with van der Waals surface area (Å²) in [5.74, 6) is -1.51. The van der Waals surface area contributed by atoms with Gasteiger partial charge in [-0.05, 0) is 19.4 Å². The summed E-state index contributed by atoms with van der Waals surface area (Å²) in [5, 5.41) is 13.6. The molecule has 0 aliphatic carbocycles. The van der Waals surface area contributed by atoms with Gasteiger partial charge < -0.3 is 19.9 Å². The van der Waals surface area contributed by atoms with Crippen molar-refractivity contribution in [3.63, 3.8) is 0 Å². The summed E-state index contributed by atoms with van der Waals surface area (Å²) < 4.78 is 10.2. The maximum atomic E-state index is 12.0. The van der Waals surface area contributed by atoms with Gasteiger partial charge in [0.1, 0.15) is 18.1 Å². The third kappa shape index (κ3) is 3.45. The van der Waals surface area contributed by atoms with Gasteiger partial charge in [0.25, 0.3) is 0 Å². The van der Waals surface area contributed by atoms with E-state index in [1.165, 1.54) is 6.92 Å². The number of nitrogens with one attached hydrogen (secondary N) is 1. The molecule has 0 aromatic heterocycles. The number of carbonyl (C=O) groups is 2. The van der Waals surface area contributed by atoms with Gasteiger partial charge in [-0.25, -0.2) is 0 Å². The van der Waals surface area contributed by atoms with E-state index in [4.69, 9.17) is 9.47 Å². The molecule has 0 radical (unpaired) electrons. The predicted molar refractivity (Wildman–Crippen MR) is 66.3 cm³/mol. The SMILES string of the molecule is CC(=O)O[C@H]1CCOC(=O)[C@H]([C@H]2CCCCN2)[C@@H]1O. The summed E-state index contributed by atoms with van der Waals surface area (Å²) >= 11 is 0. The number of ether oxygens (including phenoxy) is 2. The second-order valence-electron chi connectivity index (χ2n) is 5.18. The topological polar surface area (TPSA) is 84.9 Å². The third-order valence-corrected chi connectivity index (χ3v) is 3.77. The molecule has 108 valence electrons. The van der Waals surface area contributed by atoms with Gasteiger partial charge in [0.2, 0.25) is 0 Å². The van der Waals surface area contributed by atoms with Gasteiger partial charge in [-0.1, -0.05) is 6.42 Å². The fourth-order valence-corrected chi connectivity index (χ4v) is 2.84. The van der Waals surface area contributed by atoms with E-state index in [-0.39, 0.29) is 12.6 Å². The normalized spacial score (nSPS) is 36.2. The first-order valence-corrected chi connectivity index (χ1v) is 6.85. The number of hydrogen-bond acceptors (Lipinski definition) is 6. The van der Waals surface area contributed by atoms with Crippen LogP contribution >= 0.6 is 0 Å². The number of cyclic esters (lactones) is 1. The summed E-state index contributed by atoms with van der Waals surface area (Å²) in [4.78, 5) is 23.1. The van der Waals surface area contributed by atoms with Crippen molar-refractivity contribution in [1.29, 1.82) is 0 Å². The van der Waals surface area contributed by atoms with Gasteiger partial charge in [0, 0.05) is 19.4 Å². The Kier molecular flexibility index (Phi) is 4.76. The van der Waals surface area contributed by atoms with E-state index in [2.05, 4.69) is 5.32 Å². The van der Waals surface area contributed by atoms with E-state index >= 15 is 0 Å². The molecular weight excluding hydrogens is 250 g/mol. The number of hydrogen-bond donors (Lipinski definition) is 2. The standard InChI is InChI=1S/C13H21NO5/c1-8(15)19-10-5-7-18-13(17)11(12(10)16)9-4-2-3-6-14-9/h9-12,14,16H,2-7H2,1H3/t9-,10+,11-,12-/m1/s1. The van der Waals surface area contributed by atoms with E-state index in [0.717, 1.165) is 25.8 Å². The van der Waals surface area contributed by atoms with Gasteiger partial charge in [-0.3, -0.25) is 9.59 Å². The van der Waals surface area contributed by atoms with E-state index in [1.54, 1.807) is 0 Å². The number of piperidine rings is 1. The molecule has 2 aliphatic heterocycles. The van der Waals surface area contributed by atoms with E-state index in [0.29, 0.717) is 6.42 Å². The van der Waals surface area contributed by atoms with Crippen LogP contribution in [0.15, 0.2) is 0 Å². The molecule has 19 heavy (non-hydrogen) atoms. The Balaban J connectivity index is 2.11. The average molecular weight is 271 g/mol. The van der Waals surface area contributed by atoms with Crippen molar-refractivity contribution >= 4 is 11.9 Å². The van der Waals surface area contributed by atoms with Crippen molar-refractivity contribution in [1.82, 2.24) is 5.32 Å². The zero-order valence-electron chi connectivity index (χ0n) is 11.1. The van der Waals surface area contributed by atoms with Crippen molar-refractivity contribution < 1.29 is 24.2 Å². The first kappa shape index (κ1) is 14.3. The Morgan fingerprint density at radius 3 is 2.84 bits per heavy atom. The number of rotatable bonds is 2. The van der Waals surface area contributed by atoms with Crippen LogP contribution in [-0.2, 0) is 19.1 Å². The highest BCUT2D eigenvalue weighted by Gasteiger charge is 2.43. The number of aliphatic hydroxyl groups is 1. The highest BCUT2D eigenvalue weighted by molar-refractivity contribution is 5.74. The summed E-state index contributed by atoms with van der Waals surface area (Å²) in [5.41, 5.74) is 0. The molecule has 0 bridgehead atoms. The molecule has 6 heteroatoms. The van der Waals surface area contributed by atoms with Crippen molar-refractivity contribution in [2.24, 2.45) is 5.92 Å². The maximum Gasteiger partial charge on any atom is 0.313 e. The van der Waals surface area contributed by atoms with Crippen LogP contribution in [0, 0.1) is 5.92 Å². The van der Waals surface area contributed by atoms with Crippen molar-refractivity contribution in [2.75, 3.05) is 13.2 Å². The lowest BCUT2D eigenvalue weighted by atomic mass is 9.85. The fraction of sp³-hybridized carbons (Fsp3) is 0.846. The Hall–Kier alpha value is -1.14. The van der Waals surface area contributed by atoms with Gasteiger partial charge in [-0.2, -0.15) is 0 Å². The summed E-state index contributed by atoms with van der Waals surface area (Å²) in [7, 11) is 0. The highest BCUT2D eigenvalue weighted by atomic mass is 16.6. The summed E-state index contributed by atoms with van der Waals surface area (Å²) in [6.45, 7) is 2.31. The average Bonchev–Trinajstić information content (AvgIpc) is 2.50. The largest absolute Gasteiger partial charge is 0.465 e. The fourth-order valence-electron chi connectivity index (χ4n) is 2.84. The molecule has 6 nitrogen and oxygen atoms in total. The molecule has 2 heterocycles. The molecule has 0 unspecified atom stereocenters. The zero-order valence-corrected chi connectivity index (χ0v) is 11.1.